The highest BCUT2D eigenvalue weighted by molar-refractivity contribution is 5.88. The maximum Gasteiger partial charge on any atom is 0.294 e. The van der Waals surface area contributed by atoms with Gasteiger partial charge in [0.1, 0.15) is 12.4 Å². The van der Waals surface area contributed by atoms with Gasteiger partial charge in [-0.2, -0.15) is 0 Å². The fourth-order valence-electron chi connectivity index (χ4n) is 2.72. The van der Waals surface area contributed by atoms with Crippen molar-refractivity contribution in [2.75, 3.05) is 13.7 Å². The Kier molecular flexibility index (Phi) is 5.79. The molecule has 0 radical (unpaired) electrons. The summed E-state index contributed by atoms with van der Waals surface area (Å²) >= 11 is 0. The SMILES string of the molecule is CCCCOc1ccc2c(OC)c(OCc3ccccc3)c(=O)[nH]c2c1. The standard InChI is InChI=1S/C21H23NO4/c1-3-4-12-25-16-10-11-17-18(13-16)22-21(23)20(19(17)24-2)26-14-15-8-6-5-7-9-15/h5-11,13H,3-4,12,14H2,1-2H3,(H,22,23). The lowest BCUT2D eigenvalue weighted by Crippen LogP contribution is -2.13. The molecule has 5 heteroatoms. The van der Waals surface area contributed by atoms with Gasteiger partial charge in [0.25, 0.3) is 5.56 Å². The van der Waals surface area contributed by atoms with Crippen molar-refractivity contribution in [3.8, 4) is 17.2 Å². The number of nitrogens with one attached hydrogen (secondary N) is 1. The Hall–Kier alpha value is -2.95. The van der Waals surface area contributed by atoms with E-state index >= 15 is 0 Å². The van der Waals surface area contributed by atoms with Crippen LogP contribution < -0.4 is 19.8 Å². The zero-order valence-electron chi connectivity index (χ0n) is 15.1. The summed E-state index contributed by atoms with van der Waals surface area (Å²) in [4.78, 5) is 15.4. The molecule has 0 unspecified atom stereocenters. The molecule has 1 heterocycles. The highest BCUT2D eigenvalue weighted by atomic mass is 16.5. The second-order valence-electron chi connectivity index (χ2n) is 6.00. The molecule has 26 heavy (non-hydrogen) atoms. The average molecular weight is 353 g/mol. The molecule has 0 spiro atoms. The smallest absolute Gasteiger partial charge is 0.294 e. The first kappa shape index (κ1) is 17.9. The van der Waals surface area contributed by atoms with Crippen molar-refractivity contribution < 1.29 is 14.2 Å². The Bertz CT molecular complexity index is 918. The molecule has 0 bridgehead atoms. The van der Waals surface area contributed by atoms with Crippen molar-refractivity contribution >= 4 is 10.9 Å². The third kappa shape index (κ3) is 3.99. The van der Waals surface area contributed by atoms with E-state index < -0.39 is 0 Å². The number of hydrogen-bond donors (Lipinski definition) is 1. The molecule has 3 rings (SSSR count). The molecule has 1 aromatic heterocycles. The van der Waals surface area contributed by atoms with Gasteiger partial charge in [0.2, 0.25) is 5.75 Å². The number of aromatic nitrogens is 1. The van der Waals surface area contributed by atoms with Crippen molar-refractivity contribution in [3.05, 3.63) is 64.4 Å². The lowest BCUT2D eigenvalue weighted by molar-refractivity contribution is 0.282. The van der Waals surface area contributed by atoms with E-state index in [-0.39, 0.29) is 11.3 Å². The van der Waals surface area contributed by atoms with Gasteiger partial charge in [-0.15, -0.1) is 0 Å². The second kappa shape index (κ2) is 8.43. The van der Waals surface area contributed by atoms with Gasteiger partial charge in [-0.25, -0.2) is 0 Å². The quantitative estimate of drug-likeness (QED) is 0.614. The van der Waals surface area contributed by atoms with E-state index in [1.54, 1.807) is 0 Å². The number of methoxy groups -OCH3 is 1. The molecule has 0 amide bonds. The summed E-state index contributed by atoms with van der Waals surface area (Å²) in [6.07, 6.45) is 2.06. The minimum atomic E-state index is -0.323. The average Bonchev–Trinajstić information content (AvgIpc) is 2.67. The lowest BCUT2D eigenvalue weighted by atomic mass is 10.2. The van der Waals surface area contributed by atoms with Gasteiger partial charge < -0.3 is 19.2 Å². The van der Waals surface area contributed by atoms with Crippen molar-refractivity contribution in [2.24, 2.45) is 0 Å². The minimum Gasteiger partial charge on any atom is -0.494 e. The molecule has 5 nitrogen and oxygen atoms in total. The summed E-state index contributed by atoms with van der Waals surface area (Å²) in [6.45, 7) is 3.06. The maximum absolute atomic E-state index is 12.5. The third-order valence-electron chi connectivity index (χ3n) is 4.09. The normalized spacial score (nSPS) is 10.7. The molecule has 136 valence electrons. The van der Waals surface area contributed by atoms with Crippen LogP contribution in [0.25, 0.3) is 10.9 Å². The van der Waals surface area contributed by atoms with Gasteiger partial charge in [0, 0.05) is 11.5 Å². The van der Waals surface area contributed by atoms with Crippen LogP contribution in [-0.2, 0) is 6.61 Å². The second-order valence-corrected chi connectivity index (χ2v) is 6.00. The van der Waals surface area contributed by atoms with Crippen LogP contribution >= 0.6 is 0 Å². The maximum atomic E-state index is 12.5. The molecule has 2 aromatic carbocycles. The highest BCUT2D eigenvalue weighted by Crippen LogP contribution is 2.33. The van der Waals surface area contributed by atoms with Gasteiger partial charge >= 0.3 is 0 Å². The summed E-state index contributed by atoms with van der Waals surface area (Å²) in [6, 6.07) is 15.3. The van der Waals surface area contributed by atoms with Crippen molar-refractivity contribution in [1.29, 1.82) is 0 Å². The predicted octanol–water partition coefficient (Wildman–Crippen LogP) is 4.29. The van der Waals surface area contributed by atoms with Crippen LogP contribution in [0.3, 0.4) is 0 Å². The molecule has 1 N–H and O–H groups in total. The number of aromatic amines is 1. The van der Waals surface area contributed by atoms with Gasteiger partial charge in [-0.1, -0.05) is 43.7 Å². The number of H-pyrrole nitrogens is 1. The van der Waals surface area contributed by atoms with E-state index in [1.165, 1.54) is 7.11 Å². The van der Waals surface area contributed by atoms with Crippen LogP contribution in [0, 0.1) is 0 Å². The summed E-state index contributed by atoms with van der Waals surface area (Å²) in [7, 11) is 1.54. The van der Waals surface area contributed by atoms with Crippen LogP contribution in [-0.4, -0.2) is 18.7 Å². The van der Waals surface area contributed by atoms with Crippen LogP contribution in [0.4, 0.5) is 0 Å². The lowest BCUT2D eigenvalue weighted by Gasteiger charge is -2.13. The van der Waals surface area contributed by atoms with E-state index in [9.17, 15) is 4.79 Å². The fourth-order valence-corrected chi connectivity index (χ4v) is 2.72. The minimum absolute atomic E-state index is 0.184. The zero-order chi connectivity index (χ0) is 18.4. The topological polar surface area (TPSA) is 60.6 Å². The Morgan fingerprint density at radius 1 is 1.00 bits per heavy atom. The molecule has 0 saturated heterocycles. The molecule has 0 fully saturated rings. The molecular weight excluding hydrogens is 330 g/mol. The Morgan fingerprint density at radius 3 is 2.54 bits per heavy atom. The summed E-state index contributed by atoms with van der Waals surface area (Å²) < 4.78 is 17.0. The predicted molar refractivity (Wildman–Crippen MR) is 102 cm³/mol. The van der Waals surface area contributed by atoms with E-state index in [1.807, 2.05) is 48.5 Å². The zero-order valence-corrected chi connectivity index (χ0v) is 15.1. The fraction of sp³-hybridized carbons (Fsp3) is 0.286. The number of ether oxygens (including phenoxy) is 3. The Morgan fingerprint density at radius 2 is 1.81 bits per heavy atom. The van der Waals surface area contributed by atoms with Crippen molar-refractivity contribution in [3.63, 3.8) is 0 Å². The van der Waals surface area contributed by atoms with Crippen molar-refractivity contribution in [2.45, 2.75) is 26.4 Å². The van der Waals surface area contributed by atoms with Crippen LogP contribution in [0.1, 0.15) is 25.3 Å². The van der Waals surface area contributed by atoms with E-state index in [0.717, 1.165) is 29.5 Å². The summed E-state index contributed by atoms with van der Waals surface area (Å²) in [5, 5.41) is 0.776. The molecule has 0 aliphatic rings. The summed E-state index contributed by atoms with van der Waals surface area (Å²) in [5.41, 5.74) is 1.32. The molecule has 0 atom stereocenters. The first-order chi connectivity index (χ1) is 12.7. The van der Waals surface area contributed by atoms with E-state index in [0.29, 0.717) is 24.5 Å². The third-order valence-corrected chi connectivity index (χ3v) is 4.09. The van der Waals surface area contributed by atoms with Gasteiger partial charge in [-0.05, 0) is 24.1 Å². The molecular formula is C21H23NO4. The van der Waals surface area contributed by atoms with Gasteiger partial charge in [0.15, 0.2) is 5.75 Å². The molecule has 0 aliphatic carbocycles. The summed E-state index contributed by atoms with van der Waals surface area (Å²) in [5.74, 6) is 1.34. The van der Waals surface area contributed by atoms with Crippen LogP contribution in [0.2, 0.25) is 0 Å². The molecule has 0 aliphatic heterocycles. The molecule has 0 saturated carbocycles. The number of benzene rings is 2. The van der Waals surface area contributed by atoms with Gasteiger partial charge in [-0.3, -0.25) is 4.79 Å². The number of unbranched alkanes of at least 4 members (excludes halogenated alkanes) is 1. The van der Waals surface area contributed by atoms with Crippen LogP contribution in [0.15, 0.2) is 53.3 Å². The molecule has 3 aromatic rings. The Balaban J connectivity index is 1.90. The number of pyridine rings is 1. The van der Waals surface area contributed by atoms with Gasteiger partial charge in [0.05, 0.1) is 19.2 Å². The van der Waals surface area contributed by atoms with E-state index in [2.05, 4.69) is 11.9 Å². The largest absolute Gasteiger partial charge is 0.494 e. The Labute approximate surface area is 152 Å². The number of hydrogen-bond acceptors (Lipinski definition) is 4. The first-order valence-corrected chi connectivity index (χ1v) is 8.76. The van der Waals surface area contributed by atoms with E-state index in [4.69, 9.17) is 14.2 Å². The first-order valence-electron chi connectivity index (χ1n) is 8.76. The van der Waals surface area contributed by atoms with Crippen molar-refractivity contribution in [1.82, 2.24) is 4.98 Å². The highest BCUT2D eigenvalue weighted by Gasteiger charge is 2.15. The monoisotopic (exact) mass is 353 g/mol. The van der Waals surface area contributed by atoms with Crippen LogP contribution in [0.5, 0.6) is 17.2 Å². The number of fused-ring (bicyclic) bond motifs is 1. The number of rotatable bonds is 8.